The molecule has 1 heterocycles. The normalized spacial score (nSPS) is 17.5. The van der Waals surface area contributed by atoms with Gasteiger partial charge in [0, 0.05) is 37.1 Å². The minimum Gasteiger partial charge on any atom is -0.314 e. The van der Waals surface area contributed by atoms with Crippen molar-refractivity contribution in [2.24, 2.45) is 5.41 Å². The molecular formula is C16H28Cl2N2S. The van der Waals surface area contributed by atoms with Gasteiger partial charge in [-0.05, 0) is 29.4 Å². The van der Waals surface area contributed by atoms with E-state index >= 15 is 0 Å². The summed E-state index contributed by atoms with van der Waals surface area (Å²) in [7, 11) is 0. The topological polar surface area (TPSA) is 15.3 Å². The first-order chi connectivity index (χ1) is 9.02. The molecule has 0 radical (unpaired) electrons. The molecule has 0 aliphatic carbocycles. The Morgan fingerprint density at radius 1 is 1.05 bits per heavy atom. The first kappa shape index (κ1) is 21.1. The first-order valence-corrected chi connectivity index (χ1v) is 8.33. The van der Waals surface area contributed by atoms with Gasteiger partial charge in [-0.15, -0.1) is 36.6 Å². The largest absolute Gasteiger partial charge is 0.314 e. The molecule has 21 heavy (non-hydrogen) atoms. The van der Waals surface area contributed by atoms with Crippen LogP contribution in [-0.2, 0) is 0 Å². The molecule has 0 spiro atoms. The molecule has 0 unspecified atom stereocenters. The fraction of sp³-hybridized carbons (Fsp3) is 0.625. The van der Waals surface area contributed by atoms with Crippen LogP contribution >= 0.6 is 36.6 Å². The van der Waals surface area contributed by atoms with E-state index in [4.69, 9.17) is 0 Å². The molecule has 1 atom stereocenters. The number of hydrogen-bond acceptors (Lipinski definition) is 3. The van der Waals surface area contributed by atoms with E-state index in [9.17, 15) is 0 Å². The molecule has 2 rings (SSSR count). The molecule has 1 saturated heterocycles. The van der Waals surface area contributed by atoms with Gasteiger partial charge in [0.25, 0.3) is 0 Å². The summed E-state index contributed by atoms with van der Waals surface area (Å²) in [6.07, 6.45) is 2.13. The number of rotatable bonds is 3. The van der Waals surface area contributed by atoms with E-state index in [0.717, 1.165) is 26.2 Å². The average molecular weight is 351 g/mol. The van der Waals surface area contributed by atoms with Gasteiger partial charge in [0.2, 0.25) is 0 Å². The monoisotopic (exact) mass is 350 g/mol. The van der Waals surface area contributed by atoms with Gasteiger partial charge in [-0.1, -0.05) is 32.9 Å². The van der Waals surface area contributed by atoms with Gasteiger partial charge in [0.1, 0.15) is 0 Å². The highest BCUT2D eigenvalue weighted by molar-refractivity contribution is 7.98. The Labute approximate surface area is 146 Å². The summed E-state index contributed by atoms with van der Waals surface area (Å²) in [5, 5.41) is 3.45. The highest BCUT2D eigenvalue weighted by Gasteiger charge is 2.32. The Morgan fingerprint density at radius 3 is 2.00 bits per heavy atom. The number of hydrogen-bond donors (Lipinski definition) is 1. The van der Waals surface area contributed by atoms with Gasteiger partial charge in [0.15, 0.2) is 0 Å². The lowest BCUT2D eigenvalue weighted by molar-refractivity contribution is 0.0862. The predicted molar refractivity (Wildman–Crippen MR) is 99.4 cm³/mol. The van der Waals surface area contributed by atoms with Crippen LogP contribution in [0.3, 0.4) is 0 Å². The van der Waals surface area contributed by atoms with Crippen molar-refractivity contribution in [2.75, 3.05) is 32.4 Å². The summed E-state index contributed by atoms with van der Waals surface area (Å²) >= 11 is 1.81. The molecule has 1 aromatic carbocycles. The molecule has 1 aliphatic heterocycles. The van der Waals surface area contributed by atoms with Crippen LogP contribution in [-0.4, -0.2) is 37.3 Å². The van der Waals surface area contributed by atoms with Crippen LogP contribution in [0.25, 0.3) is 0 Å². The highest BCUT2D eigenvalue weighted by atomic mass is 35.5. The van der Waals surface area contributed by atoms with Crippen molar-refractivity contribution >= 4 is 36.6 Å². The maximum absolute atomic E-state index is 3.45. The number of nitrogens with one attached hydrogen (secondary N) is 1. The fourth-order valence-corrected chi connectivity index (χ4v) is 3.39. The van der Waals surface area contributed by atoms with Crippen LogP contribution in [0.4, 0.5) is 0 Å². The lowest BCUT2D eigenvalue weighted by Crippen LogP contribution is -2.48. The van der Waals surface area contributed by atoms with Crippen molar-refractivity contribution in [3.63, 3.8) is 0 Å². The van der Waals surface area contributed by atoms with Crippen molar-refractivity contribution in [3.8, 4) is 0 Å². The standard InChI is InChI=1S/C16H26N2S.2ClH/c1-16(2,3)15(18-11-9-17-10-12-18)13-5-7-14(19-4)8-6-13;;/h5-8,15,17H,9-12H2,1-4H3;2*1H/t15-;;/m1../s1. The SMILES string of the molecule is CSc1ccc([C@@H](N2CCNCC2)C(C)(C)C)cc1.Cl.Cl. The van der Waals surface area contributed by atoms with Crippen molar-refractivity contribution < 1.29 is 0 Å². The zero-order valence-electron chi connectivity index (χ0n) is 13.4. The van der Waals surface area contributed by atoms with Crippen LogP contribution in [0.5, 0.6) is 0 Å². The number of thioether (sulfide) groups is 1. The van der Waals surface area contributed by atoms with Gasteiger partial charge in [-0.25, -0.2) is 0 Å². The van der Waals surface area contributed by atoms with E-state index in [1.54, 1.807) is 0 Å². The Bertz CT molecular complexity index is 398. The third-order valence-corrected chi connectivity index (χ3v) is 4.51. The van der Waals surface area contributed by atoms with E-state index in [0.29, 0.717) is 6.04 Å². The zero-order chi connectivity index (χ0) is 13.9. The number of nitrogens with zero attached hydrogens (tertiary/aromatic N) is 1. The van der Waals surface area contributed by atoms with Crippen LogP contribution < -0.4 is 5.32 Å². The van der Waals surface area contributed by atoms with Crippen molar-refractivity contribution in [1.82, 2.24) is 10.2 Å². The third-order valence-electron chi connectivity index (χ3n) is 3.77. The first-order valence-electron chi connectivity index (χ1n) is 7.11. The second-order valence-electron chi connectivity index (χ2n) is 6.33. The molecule has 1 fully saturated rings. The second kappa shape index (κ2) is 9.26. The second-order valence-corrected chi connectivity index (χ2v) is 7.21. The molecule has 1 aliphatic rings. The van der Waals surface area contributed by atoms with Gasteiger partial charge >= 0.3 is 0 Å². The molecular weight excluding hydrogens is 323 g/mol. The minimum absolute atomic E-state index is 0. The van der Waals surface area contributed by atoms with Crippen LogP contribution in [0.2, 0.25) is 0 Å². The minimum atomic E-state index is 0. The lowest BCUT2D eigenvalue weighted by Gasteiger charge is -2.42. The Hall–Kier alpha value is 0.0700. The smallest absolute Gasteiger partial charge is 0.0397 e. The molecule has 1 N–H and O–H groups in total. The van der Waals surface area contributed by atoms with E-state index in [2.05, 4.69) is 61.5 Å². The number of piperazine rings is 1. The zero-order valence-corrected chi connectivity index (χ0v) is 15.8. The van der Waals surface area contributed by atoms with Gasteiger partial charge in [-0.3, -0.25) is 4.90 Å². The predicted octanol–water partition coefficient (Wildman–Crippen LogP) is 4.24. The lowest BCUT2D eigenvalue weighted by atomic mass is 9.81. The summed E-state index contributed by atoms with van der Waals surface area (Å²) in [6.45, 7) is 11.6. The van der Waals surface area contributed by atoms with Crippen molar-refractivity contribution in [3.05, 3.63) is 29.8 Å². The quantitative estimate of drug-likeness (QED) is 0.820. The number of benzene rings is 1. The van der Waals surface area contributed by atoms with E-state index in [1.807, 2.05) is 11.8 Å². The summed E-state index contributed by atoms with van der Waals surface area (Å²) in [6, 6.07) is 9.63. The maximum Gasteiger partial charge on any atom is 0.0397 e. The maximum atomic E-state index is 3.45. The van der Waals surface area contributed by atoms with Crippen molar-refractivity contribution in [2.45, 2.75) is 31.7 Å². The van der Waals surface area contributed by atoms with Gasteiger partial charge in [-0.2, -0.15) is 0 Å². The molecule has 0 saturated carbocycles. The summed E-state index contributed by atoms with van der Waals surface area (Å²) in [5.74, 6) is 0. The Kier molecular flexibility index (Phi) is 9.29. The highest BCUT2D eigenvalue weighted by Crippen LogP contribution is 2.38. The molecule has 0 bridgehead atoms. The van der Waals surface area contributed by atoms with Crippen LogP contribution in [0.1, 0.15) is 32.4 Å². The van der Waals surface area contributed by atoms with Crippen LogP contribution in [0.15, 0.2) is 29.2 Å². The molecule has 5 heteroatoms. The summed E-state index contributed by atoms with van der Waals surface area (Å²) in [5.41, 5.74) is 1.71. The Morgan fingerprint density at radius 2 is 1.57 bits per heavy atom. The third kappa shape index (κ3) is 5.65. The van der Waals surface area contributed by atoms with Gasteiger partial charge < -0.3 is 5.32 Å². The summed E-state index contributed by atoms with van der Waals surface area (Å²) in [4.78, 5) is 3.97. The number of halogens is 2. The Balaban J connectivity index is 0.00000200. The van der Waals surface area contributed by atoms with Crippen LogP contribution in [0, 0.1) is 5.41 Å². The molecule has 1 aromatic rings. The van der Waals surface area contributed by atoms with Gasteiger partial charge in [0.05, 0.1) is 0 Å². The molecule has 122 valence electrons. The van der Waals surface area contributed by atoms with E-state index < -0.39 is 0 Å². The van der Waals surface area contributed by atoms with E-state index in [1.165, 1.54) is 10.5 Å². The molecule has 0 amide bonds. The summed E-state index contributed by atoms with van der Waals surface area (Å²) < 4.78 is 0. The van der Waals surface area contributed by atoms with E-state index in [-0.39, 0.29) is 30.2 Å². The fourth-order valence-electron chi connectivity index (χ4n) is 2.99. The molecule has 2 nitrogen and oxygen atoms in total. The molecule has 0 aromatic heterocycles. The average Bonchev–Trinajstić information content (AvgIpc) is 2.39. The van der Waals surface area contributed by atoms with Crippen molar-refractivity contribution in [1.29, 1.82) is 0 Å².